The van der Waals surface area contributed by atoms with Gasteiger partial charge in [-0.05, 0) is 55.7 Å². The van der Waals surface area contributed by atoms with E-state index in [1.807, 2.05) is 19.1 Å². The number of amides is 1. The number of piperidine rings is 1. The van der Waals surface area contributed by atoms with Crippen LogP contribution < -0.4 is 5.32 Å². The zero-order valence-electron chi connectivity index (χ0n) is 16.5. The summed E-state index contributed by atoms with van der Waals surface area (Å²) in [7, 11) is -3.57. The number of carbonyl (C=O) groups is 1. The number of thiazole rings is 1. The Labute approximate surface area is 184 Å². The highest BCUT2D eigenvalue weighted by molar-refractivity contribution is 7.89. The van der Waals surface area contributed by atoms with Crippen molar-refractivity contribution in [2.24, 2.45) is 0 Å². The molecule has 2 heterocycles. The molecule has 9 heteroatoms. The van der Waals surface area contributed by atoms with Gasteiger partial charge in [0.25, 0.3) is 5.91 Å². The minimum absolute atomic E-state index is 0.0394. The lowest BCUT2D eigenvalue weighted by atomic mass is 10.0. The Kier molecular flexibility index (Phi) is 6.11. The number of hydrogen-bond donors (Lipinski definition) is 1. The zero-order chi connectivity index (χ0) is 21.3. The second kappa shape index (κ2) is 8.63. The number of halogens is 1. The Hall–Kier alpha value is -2.00. The second-order valence-electron chi connectivity index (χ2n) is 7.26. The average Bonchev–Trinajstić information content (AvgIpc) is 3.17. The van der Waals surface area contributed by atoms with Crippen LogP contribution in [0.4, 0.5) is 5.13 Å². The highest BCUT2D eigenvalue weighted by atomic mass is 35.5. The summed E-state index contributed by atoms with van der Waals surface area (Å²) in [6.45, 7) is 2.56. The van der Waals surface area contributed by atoms with Crippen molar-refractivity contribution < 1.29 is 13.2 Å². The van der Waals surface area contributed by atoms with E-state index in [1.165, 1.54) is 35.6 Å². The van der Waals surface area contributed by atoms with Crippen LogP contribution in [-0.4, -0.2) is 36.2 Å². The molecule has 1 aliphatic rings. The van der Waals surface area contributed by atoms with Gasteiger partial charge in [-0.2, -0.15) is 4.31 Å². The van der Waals surface area contributed by atoms with E-state index in [0.717, 1.165) is 30.4 Å². The minimum Gasteiger partial charge on any atom is -0.298 e. The van der Waals surface area contributed by atoms with Gasteiger partial charge in [-0.15, -0.1) is 0 Å². The monoisotopic (exact) mass is 463 g/mol. The molecule has 1 N–H and O–H groups in total. The molecule has 1 fully saturated rings. The molecule has 0 bridgehead atoms. The third-order valence-corrected chi connectivity index (χ3v) is 8.56. The number of nitrogens with zero attached hydrogens (tertiary/aromatic N) is 2. The predicted octanol–water partition coefficient (Wildman–Crippen LogP) is 5.16. The van der Waals surface area contributed by atoms with Gasteiger partial charge in [0.15, 0.2) is 5.13 Å². The van der Waals surface area contributed by atoms with Crippen molar-refractivity contribution in [2.75, 3.05) is 11.9 Å². The minimum atomic E-state index is -3.57. The normalized spacial score (nSPS) is 17.9. The number of nitrogens with one attached hydrogen (secondary N) is 1. The summed E-state index contributed by atoms with van der Waals surface area (Å²) >= 11 is 7.47. The fraction of sp³-hybridized carbons (Fsp3) is 0.333. The molecule has 4 rings (SSSR count). The topological polar surface area (TPSA) is 79.4 Å². The van der Waals surface area contributed by atoms with Crippen molar-refractivity contribution in [1.29, 1.82) is 0 Å². The maximum absolute atomic E-state index is 13.1. The highest BCUT2D eigenvalue weighted by Gasteiger charge is 2.32. The van der Waals surface area contributed by atoms with Crippen LogP contribution in [0.2, 0.25) is 5.02 Å². The molecule has 6 nitrogen and oxygen atoms in total. The lowest BCUT2D eigenvalue weighted by Crippen LogP contribution is -2.43. The second-order valence-corrected chi connectivity index (χ2v) is 10.6. The van der Waals surface area contributed by atoms with Gasteiger partial charge in [-0.25, -0.2) is 13.4 Å². The van der Waals surface area contributed by atoms with Crippen molar-refractivity contribution in [3.8, 4) is 0 Å². The Morgan fingerprint density at radius 3 is 2.70 bits per heavy atom. The summed E-state index contributed by atoms with van der Waals surface area (Å²) in [5.74, 6) is -0.349. The number of rotatable bonds is 5. The van der Waals surface area contributed by atoms with Gasteiger partial charge in [-0.1, -0.05) is 42.3 Å². The SMILES string of the molecule is CCC1CCCCN1S(=O)(=O)c1ccc(C(=O)Nc2nc3c(Cl)cccc3s2)cc1. The quantitative estimate of drug-likeness (QED) is 0.567. The molecule has 0 saturated carbocycles. The van der Waals surface area contributed by atoms with Gasteiger partial charge in [0.1, 0.15) is 5.52 Å². The fourth-order valence-electron chi connectivity index (χ4n) is 3.75. The van der Waals surface area contributed by atoms with Crippen molar-refractivity contribution in [2.45, 2.75) is 43.5 Å². The summed E-state index contributed by atoms with van der Waals surface area (Å²) in [5.41, 5.74) is 1.01. The van der Waals surface area contributed by atoms with E-state index >= 15 is 0 Å². The molecule has 2 aromatic carbocycles. The molecule has 0 radical (unpaired) electrons. The number of aromatic nitrogens is 1. The fourth-order valence-corrected chi connectivity index (χ4v) is 6.68. The summed E-state index contributed by atoms with van der Waals surface area (Å²) in [6.07, 6.45) is 3.62. The van der Waals surface area contributed by atoms with Crippen LogP contribution in [0.15, 0.2) is 47.4 Å². The third-order valence-electron chi connectivity index (χ3n) is 5.36. The van der Waals surface area contributed by atoms with Gasteiger partial charge in [0.05, 0.1) is 14.6 Å². The first kappa shape index (κ1) is 21.2. The lowest BCUT2D eigenvalue weighted by Gasteiger charge is -2.34. The van der Waals surface area contributed by atoms with Crippen LogP contribution in [0.5, 0.6) is 0 Å². The number of para-hydroxylation sites is 1. The molecule has 1 saturated heterocycles. The van der Waals surface area contributed by atoms with Crippen LogP contribution in [0.3, 0.4) is 0 Å². The Morgan fingerprint density at radius 2 is 2.00 bits per heavy atom. The Bertz CT molecular complexity index is 1180. The van der Waals surface area contributed by atoms with E-state index in [-0.39, 0.29) is 16.8 Å². The van der Waals surface area contributed by atoms with Gasteiger partial charge in [0.2, 0.25) is 10.0 Å². The molecule has 1 unspecified atom stereocenters. The van der Waals surface area contributed by atoms with Crippen LogP contribution in [-0.2, 0) is 10.0 Å². The van der Waals surface area contributed by atoms with Crippen LogP contribution in [0.25, 0.3) is 10.2 Å². The molecule has 1 amide bonds. The number of hydrogen-bond acceptors (Lipinski definition) is 5. The van der Waals surface area contributed by atoms with Gasteiger partial charge >= 0.3 is 0 Å². The Morgan fingerprint density at radius 1 is 1.23 bits per heavy atom. The first-order chi connectivity index (χ1) is 14.4. The molecule has 0 spiro atoms. The summed E-state index contributed by atoms with van der Waals surface area (Å²) in [5, 5.41) is 3.74. The van der Waals surface area contributed by atoms with Gasteiger partial charge < -0.3 is 0 Å². The smallest absolute Gasteiger partial charge is 0.257 e. The van der Waals surface area contributed by atoms with Gasteiger partial charge in [-0.3, -0.25) is 10.1 Å². The highest BCUT2D eigenvalue weighted by Crippen LogP contribution is 2.31. The number of sulfonamides is 1. The predicted molar refractivity (Wildman–Crippen MR) is 121 cm³/mol. The van der Waals surface area contributed by atoms with Gasteiger partial charge in [0, 0.05) is 18.2 Å². The van der Waals surface area contributed by atoms with E-state index in [2.05, 4.69) is 10.3 Å². The van der Waals surface area contributed by atoms with E-state index in [4.69, 9.17) is 11.6 Å². The average molecular weight is 464 g/mol. The number of carbonyl (C=O) groups excluding carboxylic acids is 1. The molecule has 0 aliphatic carbocycles. The first-order valence-electron chi connectivity index (χ1n) is 9.88. The number of fused-ring (bicyclic) bond motifs is 1. The number of anilines is 1. The molecule has 3 aromatic rings. The maximum atomic E-state index is 13.1. The first-order valence-corrected chi connectivity index (χ1v) is 12.5. The van der Waals surface area contributed by atoms with E-state index in [1.54, 1.807) is 10.4 Å². The maximum Gasteiger partial charge on any atom is 0.257 e. The third kappa shape index (κ3) is 4.09. The largest absolute Gasteiger partial charge is 0.298 e. The van der Waals surface area contributed by atoms with Crippen molar-refractivity contribution in [1.82, 2.24) is 9.29 Å². The lowest BCUT2D eigenvalue weighted by molar-refractivity contribution is 0.102. The molecular formula is C21H22ClN3O3S2. The number of benzene rings is 2. The summed E-state index contributed by atoms with van der Waals surface area (Å²) in [6, 6.07) is 11.6. The van der Waals surface area contributed by atoms with E-state index < -0.39 is 10.0 Å². The van der Waals surface area contributed by atoms with Crippen LogP contribution in [0, 0.1) is 0 Å². The molecule has 158 valence electrons. The van der Waals surface area contributed by atoms with Crippen LogP contribution >= 0.6 is 22.9 Å². The van der Waals surface area contributed by atoms with E-state index in [0.29, 0.717) is 27.8 Å². The van der Waals surface area contributed by atoms with E-state index in [9.17, 15) is 13.2 Å². The van der Waals surface area contributed by atoms with Crippen molar-refractivity contribution in [3.05, 3.63) is 53.1 Å². The molecular weight excluding hydrogens is 442 g/mol. The van der Waals surface area contributed by atoms with Crippen molar-refractivity contribution in [3.63, 3.8) is 0 Å². The zero-order valence-corrected chi connectivity index (χ0v) is 18.9. The van der Waals surface area contributed by atoms with Crippen LogP contribution in [0.1, 0.15) is 43.0 Å². The molecule has 1 aromatic heterocycles. The van der Waals surface area contributed by atoms with Crippen molar-refractivity contribution >= 4 is 54.2 Å². The Balaban J connectivity index is 1.52. The molecule has 30 heavy (non-hydrogen) atoms. The molecule has 1 atom stereocenters. The molecule has 1 aliphatic heterocycles. The summed E-state index contributed by atoms with van der Waals surface area (Å²) < 4.78 is 28.6. The summed E-state index contributed by atoms with van der Waals surface area (Å²) in [4.78, 5) is 17.2. The standard InChI is InChI=1S/C21H22ClN3O3S2/c1-2-15-6-3-4-13-25(15)30(27,28)16-11-9-14(10-12-16)20(26)24-21-23-19-17(22)7-5-8-18(19)29-21/h5,7-12,15H,2-4,6,13H2,1H3,(H,23,24,26).